The number of ether oxygens (including phenoxy) is 1. The number of hydrogen-bond acceptors (Lipinski definition) is 7. The molecule has 1 aliphatic heterocycles. The Morgan fingerprint density at radius 3 is 2.79 bits per heavy atom. The smallest absolute Gasteiger partial charge is 0.247 e. The second kappa shape index (κ2) is 9.81. The highest BCUT2D eigenvalue weighted by Crippen LogP contribution is 2.39. The molecule has 2 aliphatic rings. The SMILES string of the molecule is COc1cc(-c2ccc3c(c2Nc2n[nH]c(S(=O)N4CCC(N(C)C)CC4)n2)CCC3)ccn1. The molecule has 1 fully saturated rings. The molecule has 1 unspecified atom stereocenters. The van der Waals surface area contributed by atoms with E-state index in [1.807, 2.05) is 16.4 Å². The molecule has 0 bridgehead atoms. The van der Waals surface area contributed by atoms with Crippen LogP contribution >= 0.6 is 0 Å². The Kier molecular flexibility index (Phi) is 6.62. The number of rotatable bonds is 7. The molecule has 0 amide bonds. The van der Waals surface area contributed by atoms with Crippen LogP contribution in [0.5, 0.6) is 5.88 Å². The number of benzene rings is 1. The summed E-state index contributed by atoms with van der Waals surface area (Å²) in [5.41, 5.74) is 5.67. The zero-order valence-corrected chi connectivity index (χ0v) is 20.7. The second-order valence-corrected chi connectivity index (χ2v) is 10.4. The van der Waals surface area contributed by atoms with Gasteiger partial charge in [-0.3, -0.25) is 0 Å². The number of aryl methyl sites for hydroxylation is 1. The molecular weight excluding hydrogens is 450 g/mol. The summed E-state index contributed by atoms with van der Waals surface area (Å²) in [4.78, 5) is 11.0. The van der Waals surface area contributed by atoms with Gasteiger partial charge in [-0.25, -0.2) is 18.6 Å². The van der Waals surface area contributed by atoms with Crippen LogP contribution in [-0.4, -0.2) is 73.9 Å². The second-order valence-electron chi connectivity index (χ2n) is 9.03. The molecule has 10 heteroatoms. The summed E-state index contributed by atoms with van der Waals surface area (Å²) in [6, 6.07) is 8.76. The molecule has 0 radical (unpaired) electrons. The van der Waals surface area contributed by atoms with Crippen LogP contribution in [-0.2, 0) is 23.8 Å². The van der Waals surface area contributed by atoms with Crippen LogP contribution in [0.15, 0.2) is 35.6 Å². The molecule has 0 saturated carbocycles. The summed E-state index contributed by atoms with van der Waals surface area (Å²) in [7, 11) is 4.46. The molecule has 0 spiro atoms. The number of aromatic nitrogens is 4. The van der Waals surface area contributed by atoms with Crippen LogP contribution < -0.4 is 10.1 Å². The summed E-state index contributed by atoms with van der Waals surface area (Å²) in [6.07, 6.45) is 6.92. The number of hydrogen-bond donors (Lipinski definition) is 2. The van der Waals surface area contributed by atoms with E-state index in [9.17, 15) is 4.21 Å². The average molecular weight is 482 g/mol. The Balaban J connectivity index is 1.39. The number of piperidine rings is 1. The number of aromatic amines is 1. The van der Waals surface area contributed by atoms with Gasteiger partial charge in [0, 0.05) is 37.0 Å². The molecule has 2 aromatic heterocycles. The molecule has 3 aromatic rings. The van der Waals surface area contributed by atoms with Gasteiger partial charge in [-0.1, -0.05) is 12.1 Å². The summed E-state index contributed by atoms with van der Waals surface area (Å²) in [6.45, 7) is 1.55. The van der Waals surface area contributed by atoms with Crippen molar-refractivity contribution in [1.82, 2.24) is 29.4 Å². The maximum atomic E-state index is 13.1. The van der Waals surface area contributed by atoms with Gasteiger partial charge < -0.3 is 15.0 Å². The number of nitrogens with zero attached hydrogens (tertiary/aromatic N) is 5. The van der Waals surface area contributed by atoms with Crippen molar-refractivity contribution in [2.24, 2.45) is 0 Å². The van der Waals surface area contributed by atoms with Crippen molar-refractivity contribution in [1.29, 1.82) is 0 Å². The Morgan fingerprint density at radius 1 is 1.21 bits per heavy atom. The van der Waals surface area contributed by atoms with E-state index in [0.29, 0.717) is 23.0 Å². The van der Waals surface area contributed by atoms with Gasteiger partial charge >= 0.3 is 0 Å². The Labute approximate surface area is 202 Å². The van der Waals surface area contributed by atoms with Gasteiger partial charge in [-0.15, -0.1) is 5.10 Å². The number of anilines is 2. The first-order chi connectivity index (χ1) is 16.5. The molecule has 1 saturated heterocycles. The molecule has 9 nitrogen and oxygen atoms in total. The standard InChI is InChI=1S/C24H31N7O2S/c1-30(2)18-10-13-31(14-11-18)34(32)24-27-23(28-29-24)26-22-19-6-4-5-16(19)7-8-20(22)17-9-12-25-21(15-17)33-3/h7-9,12,15,18H,4-6,10-11,13-14H2,1-3H3,(H2,26,27,28,29). The molecule has 1 aromatic carbocycles. The lowest BCUT2D eigenvalue weighted by Gasteiger charge is -2.33. The molecule has 5 rings (SSSR count). The topological polar surface area (TPSA) is 99.3 Å². The number of pyridine rings is 1. The van der Waals surface area contributed by atoms with E-state index >= 15 is 0 Å². The lowest BCUT2D eigenvalue weighted by Crippen LogP contribution is -2.42. The Bertz CT molecular complexity index is 1190. The summed E-state index contributed by atoms with van der Waals surface area (Å²) < 4.78 is 20.4. The quantitative estimate of drug-likeness (QED) is 0.535. The van der Waals surface area contributed by atoms with E-state index in [4.69, 9.17) is 4.74 Å². The van der Waals surface area contributed by atoms with Crippen molar-refractivity contribution < 1.29 is 8.95 Å². The molecule has 1 aliphatic carbocycles. The summed E-state index contributed by atoms with van der Waals surface area (Å²) >= 11 is 0. The third-order valence-corrected chi connectivity index (χ3v) is 8.14. The van der Waals surface area contributed by atoms with Crippen molar-refractivity contribution >= 4 is 22.6 Å². The van der Waals surface area contributed by atoms with Crippen molar-refractivity contribution in [3.8, 4) is 17.0 Å². The fourth-order valence-corrected chi connectivity index (χ4v) is 5.95. The van der Waals surface area contributed by atoms with Crippen molar-refractivity contribution in [3.63, 3.8) is 0 Å². The summed E-state index contributed by atoms with van der Waals surface area (Å²) in [5.74, 6) is 0.992. The van der Waals surface area contributed by atoms with Gasteiger partial charge in [0.25, 0.3) is 0 Å². The molecule has 3 heterocycles. The third-order valence-electron chi connectivity index (χ3n) is 6.79. The van der Waals surface area contributed by atoms with E-state index in [-0.39, 0.29) is 0 Å². The van der Waals surface area contributed by atoms with Crippen molar-refractivity contribution in [3.05, 3.63) is 41.6 Å². The van der Waals surface area contributed by atoms with E-state index in [2.05, 4.69) is 56.6 Å². The first-order valence-corrected chi connectivity index (χ1v) is 12.8. The van der Waals surface area contributed by atoms with Crippen LogP contribution in [0.1, 0.15) is 30.4 Å². The monoisotopic (exact) mass is 481 g/mol. The molecule has 180 valence electrons. The van der Waals surface area contributed by atoms with E-state index in [0.717, 1.165) is 62.0 Å². The number of nitrogens with one attached hydrogen (secondary N) is 2. The lowest BCUT2D eigenvalue weighted by molar-refractivity contribution is 0.200. The fourth-order valence-electron chi connectivity index (χ4n) is 4.88. The van der Waals surface area contributed by atoms with Gasteiger partial charge in [-0.2, -0.15) is 4.98 Å². The van der Waals surface area contributed by atoms with Gasteiger partial charge in [-0.05, 0) is 69.0 Å². The van der Waals surface area contributed by atoms with Gasteiger partial charge in [0.1, 0.15) is 0 Å². The third kappa shape index (κ3) is 4.57. The van der Waals surface area contributed by atoms with E-state index in [1.165, 1.54) is 11.1 Å². The maximum absolute atomic E-state index is 13.1. The van der Waals surface area contributed by atoms with Crippen LogP contribution in [0.25, 0.3) is 11.1 Å². The highest BCUT2D eigenvalue weighted by Gasteiger charge is 2.27. The molecule has 1 atom stereocenters. The zero-order chi connectivity index (χ0) is 23.7. The van der Waals surface area contributed by atoms with E-state index in [1.54, 1.807) is 13.3 Å². The van der Waals surface area contributed by atoms with Crippen LogP contribution in [0.3, 0.4) is 0 Å². The minimum atomic E-state index is -1.36. The fraction of sp³-hybridized carbons (Fsp3) is 0.458. The van der Waals surface area contributed by atoms with Crippen LogP contribution in [0.4, 0.5) is 11.6 Å². The normalized spacial score (nSPS) is 17.6. The van der Waals surface area contributed by atoms with Gasteiger partial charge in [0.05, 0.1) is 12.8 Å². The van der Waals surface area contributed by atoms with Crippen LogP contribution in [0.2, 0.25) is 0 Å². The molecule has 2 N–H and O–H groups in total. The largest absolute Gasteiger partial charge is 0.481 e. The molecule has 34 heavy (non-hydrogen) atoms. The predicted molar refractivity (Wildman–Crippen MR) is 133 cm³/mol. The average Bonchev–Trinajstić information content (AvgIpc) is 3.54. The van der Waals surface area contributed by atoms with E-state index < -0.39 is 11.0 Å². The lowest BCUT2D eigenvalue weighted by atomic mass is 9.98. The van der Waals surface area contributed by atoms with Crippen molar-refractivity contribution in [2.45, 2.75) is 43.3 Å². The summed E-state index contributed by atoms with van der Waals surface area (Å²) in [5, 5.41) is 11.1. The zero-order valence-electron chi connectivity index (χ0n) is 19.9. The number of methoxy groups -OCH3 is 1. The van der Waals surface area contributed by atoms with Gasteiger partial charge in [0.2, 0.25) is 17.0 Å². The number of H-pyrrole nitrogens is 1. The van der Waals surface area contributed by atoms with Crippen molar-refractivity contribution in [2.75, 3.05) is 39.6 Å². The first kappa shape index (κ1) is 22.9. The van der Waals surface area contributed by atoms with Gasteiger partial charge in [0.15, 0.2) is 11.0 Å². The number of fused-ring (bicyclic) bond motifs is 1. The predicted octanol–water partition coefficient (Wildman–Crippen LogP) is 3.16. The minimum Gasteiger partial charge on any atom is -0.481 e. The minimum absolute atomic E-state index is 0.380. The van der Waals surface area contributed by atoms with Crippen LogP contribution in [0, 0.1) is 0 Å². The highest BCUT2D eigenvalue weighted by atomic mass is 32.2. The molecular formula is C24H31N7O2S. The Hall–Kier alpha value is -2.82. The Morgan fingerprint density at radius 2 is 2.03 bits per heavy atom. The first-order valence-electron chi connectivity index (χ1n) is 11.7. The maximum Gasteiger partial charge on any atom is 0.247 e. The highest BCUT2D eigenvalue weighted by molar-refractivity contribution is 7.82.